The van der Waals surface area contributed by atoms with Gasteiger partial charge in [0.15, 0.2) is 0 Å². The Balaban J connectivity index is 1.29. The average molecular weight is 340 g/mol. The number of carbonyl (C=O) groups is 1. The van der Waals surface area contributed by atoms with Gasteiger partial charge in [0, 0.05) is 43.4 Å². The Kier molecular flexibility index (Phi) is 4.08. The van der Waals surface area contributed by atoms with E-state index in [1.165, 1.54) is 0 Å². The number of carbonyl (C=O) groups excluding carboxylic acids is 1. The van der Waals surface area contributed by atoms with E-state index >= 15 is 0 Å². The summed E-state index contributed by atoms with van der Waals surface area (Å²) in [5.74, 6) is 1.75. The quantitative estimate of drug-likeness (QED) is 0.713. The van der Waals surface area contributed by atoms with Crippen LogP contribution in [0.3, 0.4) is 0 Å². The van der Waals surface area contributed by atoms with E-state index in [9.17, 15) is 4.79 Å². The summed E-state index contributed by atoms with van der Waals surface area (Å²) in [6.07, 6.45) is 4.61. The largest absolute Gasteiger partial charge is 0.342 e. The smallest absolute Gasteiger partial charge is 0.227 e. The fourth-order valence-corrected chi connectivity index (χ4v) is 3.45. The number of amides is 1. The molecule has 0 bridgehead atoms. The van der Waals surface area contributed by atoms with E-state index < -0.39 is 0 Å². The Labute approximate surface area is 143 Å². The van der Waals surface area contributed by atoms with Crippen LogP contribution in [0.1, 0.15) is 11.5 Å². The normalized spacial score (nSPS) is 14.6. The number of likely N-dealkylation sites (tertiary alicyclic amines) is 1. The van der Waals surface area contributed by atoms with Gasteiger partial charge in [-0.1, -0.05) is 5.16 Å². The van der Waals surface area contributed by atoms with Gasteiger partial charge < -0.3 is 9.42 Å². The molecule has 1 aliphatic rings. The summed E-state index contributed by atoms with van der Waals surface area (Å²) in [6, 6.07) is 5.74. The Morgan fingerprint density at radius 3 is 3.04 bits per heavy atom. The summed E-state index contributed by atoms with van der Waals surface area (Å²) >= 11 is 1.62. The van der Waals surface area contributed by atoms with Crippen molar-refractivity contribution < 1.29 is 9.32 Å². The van der Waals surface area contributed by atoms with Gasteiger partial charge in [0.1, 0.15) is 0 Å². The number of thiophene rings is 1. The fourth-order valence-electron chi connectivity index (χ4n) is 2.78. The summed E-state index contributed by atoms with van der Waals surface area (Å²) in [5, 5.41) is 8.01. The lowest BCUT2D eigenvalue weighted by Gasteiger charge is -2.38. The highest BCUT2D eigenvalue weighted by Gasteiger charge is 2.31. The van der Waals surface area contributed by atoms with Crippen LogP contribution in [0.2, 0.25) is 0 Å². The van der Waals surface area contributed by atoms with Gasteiger partial charge in [0.05, 0.1) is 6.42 Å². The van der Waals surface area contributed by atoms with Crippen molar-refractivity contribution in [1.29, 1.82) is 0 Å². The second-order valence-electron chi connectivity index (χ2n) is 5.93. The first-order valence-electron chi connectivity index (χ1n) is 7.80. The molecule has 122 valence electrons. The first-order valence-corrected chi connectivity index (χ1v) is 8.74. The molecule has 1 saturated heterocycles. The summed E-state index contributed by atoms with van der Waals surface area (Å²) in [5.41, 5.74) is 1.93. The van der Waals surface area contributed by atoms with Crippen molar-refractivity contribution in [2.24, 2.45) is 5.92 Å². The minimum absolute atomic E-state index is 0.186. The Hall–Kier alpha value is -2.54. The van der Waals surface area contributed by atoms with Crippen LogP contribution in [-0.4, -0.2) is 39.0 Å². The summed E-state index contributed by atoms with van der Waals surface area (Å²) in [6.45, 7) is 1.52. The predicted molar refractivity (Wildman–Crippen MR) is 89.3 cm³/mol. The van der Waals surface area contributed by atoms with Gasteiger partial charge in [-0.15, -0.1) is 0 Å². The van der Waals surface area contributed by atoms with Crippen LogP contribution in [-0.2, 0) is 17.6 Å². The van der Waals surface area contributed by atoms with Crippen LogP contribution in [0.5, 0.6) is 0 Å². The third kappa shape index (κ3) is 3.21. The van der Waals surface area contributed by atoms with Gasteiger partial charge in [-0.05, 0) is 34.5 Å². The van der Waals surface area contributed by atoms with Gasteiger partial charge in [-0.3, -0.25) is 9.78 Å². The van der Waals surface area contributed by atoms with E-state index in [2.05, 4.69) is 15.1 Å². The van der Waals surface area contributed by atoms with Crippen LogP contribution in [0, 0.1) is 5.92 Å². The molecule has 4 heterocycles. The molecule has 6 nitrogen and oxygen atoms in total. The Morgan fingerprint density at radius 2 is 2.29 bits per heavy atom. The highest BCUT2D eigenvalue weighted by atomic mass is 32.1. The molecule has 1 fully saturated rings. The highest BCUT2D eigenvalue weighted by Crippen LogP contribution is 2.22. The van der Waals surface area contributed by atoms with E-state index in [1.807, 2.05) is 33.9 Å². The molecule has 0 unspecified atom stereocenters. The molecule has 0 aromatic carbocycles. The lowest BCUT2D eigenvalue weighted by molar-refractivity contribution is -0.136. The van der Waals surface area contributed by atoms with Gasteiger partial charge in [0.2, 0.25) is 17.6 Å². The third-order valence-electron chi connectivity index (χ3n) is 4.10. The molecular formula is C17H16N4O2S. The van der Waals surface area contributed by atoms with Crippen molar-refractivity contribution in [2.45, 2.75) is 12.8 Å². The van der Waals surface area contributed by atoms with Crippen LogP contribution >= 0.6 is 11.3 Å². The zero-order chi connectivity index (χ0) is 16.4. The minimum Gasteiger partial charge on any atom is -0.342 e. The molecule has 0 aliphatic carbocycles. The van der Waals surface area contributed by atoms with E-state index in [1.54, 1.807) is 23.7 Å². The first kappa shape index (κ1) is 15.0. The number of pyridine rings is 1. The molecule has 3 aromatic rings. The van der Waals surface area contributed by atoms with E-state index in [0.29, 0.717) is 30.5 Å². The lowest BCUT2D eigenvalue weighted by atomic mass is 9.95. The highest BCUT2D eigenvalue weighted by molar-refractivity contribution is 7.08. The lowest BCUT2D eigenvalue weighted by Crippen LogP contribution is -2.51. The molecule has 1 amide bonds. The number of hydrogen-bond acceptors (Lipinski definition) is 6. The van der Waals surface area contributed by atoms with Crippen molar-refractivity contribution >= 4 is 17.2 Å². The fraction of sp³-hybridized carbons (Fsp3) is 0.294. The van der Waals surface area contributed by atoms with Crippen molar-refractivity contribution in [1.82, 2.24) is 20.0 Å². The monoisotopic (exact) mass is 340 g/mol. The second kappa shape index (κ2) is 6.52. The maximum Gasteiger partial charge on any atom is 0.227 e. The molecule has 7 heteroatoms. The zero-order valence-electron chi connectivity index (χ0n) is 13.0. The predicted octanol–water partition coefficient (Wildman–Crippen LogP) is 2.44. The molecule has 0 atom stereocenters. The van der Waals surface area contributed by atoms with Crippen LogP contribution < -0.4 is 0 Å². The van der Waals surface area contributed by atoms with Gasteiger partial charge in [0.25, 0.3) is 0 Å². The summed E-state index contributed by atoms with van der Waals surface area (Å²) in [7, 11) is 0. The number of aromatic nitrogens is 3. The maximum atomic E-state index is 12.2. The Morgan fingerprint density at radius 1 is 1.38 bits per heavy atom. The van der Waals surface area contributed by atoms with Gasteiger partial charge in [-0.25, -0.2) is 0 Å². The molecule has 0 spiro atoms. The van der Waals surface area contributed by atoms with E-state index in [-0.39, 0.29) is 5.91 Å². The number of rotatable bonds is 5. The average Bonchev–Trinajstić information content (AvgIpc) is 3.23. The van der Waals surface area contributed by atoms with Gasteiger partial charge >= 0.3 is 0 Å². The molecule has 0 saturated carbocycles. The van der Waals surface area contributed by atoms with Crippen LogP contribution in [0.4, 0.5) is 0 Å². The van der Waals surface area contributed by atoms with Gasteiger partial charge in [-0.2, -0.15) is 16.3 Å². The van der Waals surface area contributed by atoms with Crippen molar-refractivity contribution in [3.8, 4) is 11.4 Å². The first-order chi connectivity index (χ1) is 11.8. The minimum atomic E-state index is 0.186. The standard InChI is InChI=1S/C17H16N4O2S/c22-16(7-12-3-5-24-11-12)21-9-13(10-21)6-15-19-17(20-23-15)14-2-1-4-18-8-14/h1-5,8,11,13H,6-7,9-10H2. The number of hydrogen-bond donors (Lipinski definition) is 0. The maximum absolute atomic E-state index is 12.2. The molecule has 1 aliphatic heterocycles. The van der Waals surface area contributed by atoms with Crippen molar-refractivity contribution in [3.63, 3.8) is 0 Å². The summed E-state index contributed by atoms with van der Waals surface area (Å²) < 4.78 is 5.32. The van der Waals surface area contributed by atoms with E-state index in [0.717, 1.165) is 24.2 Å². The van der Waals surface area contributed by atoms with Crippen LogP contribution in [0.25, 0.3) is 11.4 Å². The third-order valence-corrected chi connectivity index (χ3v) is 4.83. The molecule has 0 N–H and O–H groups in total. The molecule has 0 radical (unpaired) electrons. The zero-order valence-corrected chi connectivity index (χ0v) is 13.8. The van der Waals surface area contributed by atoms with Crippen LogP contribution in [0.15, 0.2) is 45.9 Å². The van der Waals surface area contributed by atoms with Crippen molar-refractivity contribution in [3.05, 3.63) is 52.8 Å². The summed E-state index contributed by atoms with van der Waals surface area (Å²) in [4.78, 5) is 22.5. The van der Waals surface area contributed by atoms with E-state index in [4.69, 9.17) is 4.52 Å². The SMILES string of the molecule is O=C(Cc1ccsc1)N1CC(Cc2nc(-c3cccnc3)no2)C1. The second-order valence-corrected chi connectivity index (χ2v) is 6.71. The topological polar surface area (TPSA) is 72.1 Å². The molecule has 24 heavy (non-hydrogen) atoms. The Bertz CT molecular complexity index is 810. The van der Waals surface area contributed by atoms with Crippen molar-refractivity contribution in [2.75, 3.05) is 13.1 Å². The molecular weight excluding hydrogens is 324 g/mol. The molecule has 4 rings (SSSR count). The number of nitrogens with zero attached hydrogens (tertiary/aromatic N) is 4. The molecule has 3 aromatic heterocycles.